The van der Waals surface area contributed by atoms with Gasteiger partial charge in [0.05, 0.1) is 0 Å². The van der Waals surface area contributed by atoms with Crippen LogP contribution in [0.1, 0.15) is 36.7 Å². The number of carbonyl (C=O) groups excluding carboxylic acids is 1. The van der Waals surface area contributed by atoms with Crippen molar-refractivity contribution in [2.75, 3.05) is 13.1 Å². The van der Waals surface area contributed by atoms with Crippen molar-refractivity contribution in [3.8, 4) is 0 Å². The van der Waals surface area contributed by atoms with Gasteiger partial charge in [0.25, 0.3) is 5.91 Å². The van der Waals surface area contributed by atoms with Gasteiger partial charge in [0.15, 0.2) is 0 Å². The molecule has 98 valence electrons. The van der Waals surface area contributed by atoms with Gasteiger partial charge in [-0.25, -0.2) is 0 Å². The number of pyridine rings is 1. The molecule has 1 aliphatic heterocycles. The van der Waals surface area contributed by atoms with E-state index < -0.39 is 0 Å². The molecular formula is C14H21N3O. The summed E-state index contributed by atoms with van der Waals surface area (Å²) in [6.07, 6.45) is 4.92. The molecule has 4 heteroatoms. The summed E-state index contributed by atoms with van der Waals surface area (Å²) in [6.45, 7) is 3.54. The molecule has 2 rings (SSSR count). The van der Waals surface area contributed by atoms with E-state index in [4.69, 9.17) is 5.73 Å². The summed E-state index contributed by atoms with van der Waals surface area (Å²) in [5.41, 5.74) is 6.33. The lowest BCUT2D eigenvalue weighted by Gasteiger charge is -2.38. The van der Waals surface area contributed by atoms with Gasteiger partial charge in [0, 0.05) is 25.3 Å². The van der Waals surface area contributed by atoms with Crippen molar-refractivity contribution >= 4 is 5.91 Å². The lowest BCUT2D eigenvalue weighted by Crippen LogP contribution is -2.49. The minimum Gasteiger partial charge on any atom is -0.333 e. The zero-order valence-electron chi connectivity index (χ0n) is 10.9. The van der Waals surface area contributed by atoms with Crippen LogP contribution in [0.15, 0.2) is 24.4 Å². The Balaban J connectivity index is 2.10. The Morgan fingerprint density at radius 3 is 3.00 bits per heavy atom. The minimum absolute atomic E-state index is 0.0144. The van der Waals surface area contributed by atoms with Crippen LogP contribution in [0, 0.1) is 5.92 Å². The highest BCUT2D eigenvalue weighted by molar-refractivity contribution is 5.92. The summed E-state index contributed by atoms with van der Waals surface area (Å²) in [5, 5.41) is 0. The van der Waals surface area contributed by atoms with E-state index in [-0.39, 0.29) is 11.9 Å². The van der Waals surface area contributed by atoms with Gasteiger partial charge in [0.2, 0.25) is 0 Å². The topological polar surface area (TPSA) is 59.2 Å². The fourth-order valence-electron chi connectivity index (χ4n) is 2.63. The maximum absolute atomic E-state index is 12.4. The molecule has 2 heterocycles. The maximum Gasteiger partial charge on any atom is 0.272 e. The van der Waals surface area contributed by atoms with Crippen LogP contribution in [0.3, 0.4) is 0 Å². The molecule has 0 spiro atoms. The largest absolute Gasteiger partial charge is 0.333 e. The van der Waals surface area contributed by atoms with E-state index in [0.29, 0.717) is 18.2 Å². The predicted octanol–water partition coefficient (Wildman–Crippen LogP) is 1.67. The van der Waals surface area contributed by atoms with Gasteiger partial charge in [-0.05, 0) is 30.9 Å². The van der Waals surface area contributed by atoms with E-state index in [1.54, 1.807) is 12.3 Å². The van der Waals surface area contributed by atoms with Gasteiger partial charge >= 0.3 is 0 Å². The normalized spacial score (nSPS) is 24.0. The van der Waals surface area contributed by atoms with E-state index in [1.807, 2.05) is 17.0 Å². The SMILES string of the molecule is CCC1CCN(C(=O)c2ccccn2)C(CN)C1. The molecule has 4 nitrogen and oxygen atoms in total. The number of piperidine rings is 1. The molecule has 1 aromatic heterocycles. The summed E-state index contributed by atoms with van der Waals surface area (Å²) in [7, 11) is 0. The number of carbonyl (C=O) groups is 1. The Hall–Kier alpha value is -1.42. The fraction of sp³-hybridized carbons (Fsp3) is 0.571. The number of aromatic nitrogens is 1. The number of amides is 1. The second-order valence-electron chi connectivity index (χ2n) is 4.90. The smallest absolute Gasteiger partial charge is 0.272 e. The first-order chi connectivity index (χ1) is 8.76. The molecule has 18 heavy (non-hydrogen) atoms. The molecule has 2 atom stereocenters. The fourth-order valence-corrected chi connectivity index (χ4v) is 2.63. The zero-order chi connectivity index (χ0) is 13.0. The second-order valence-corrected chi connectivity index (χ2v) is 4.90. The van der Waals surface area contributed by atoms with E-state index in [2.05, 4.69) is 11.9 Å². The van der Waals surface area contributed by atoms with Crippen LogP contribution in [-0.2, 0) is 0 Å². The van der Waals surface area contributed by atoms with Crippen molar-refractivity contribution in [3.05, 3.63) is 30.1 Å². The molecule has 0 aliphatic carbocycles. The second kappa shape index (κ2) is 5.96. The van der Waals surface area contributed by atoms with Gasteiger partial charge in [-0.1, -0.05) is 19.4 Å². The molecule has 0 bridgehead atoms. The van der Waals surface area contributed by atoms with E-state index in [9.17, 15) is 4.79 Å². The highest BCUT2D eigenvalue weighted by atomic mass is 16.2. The molecule has 1 fully saturated rings. The molecule has 0 aromatic carbocycles. The Kier molecular flexibility index (Phi) is 4.31. The molecule has 2 unspecified atom stereocenters. The Bertz CT molecular complexity index is 393. The van der Waals surface area contributed by atoms with Crippen molar-refractivity contribution in [3.63, 3.8) is 0 Å². The third kappa shape index (κ3) is 2.70. The van der Waals surface area contributed by atoms with Gasteiger partial charge in [-0.15, -0.1) is 0 Å². The Morgan fingerprint density at radius 1 is 1.56 bits per heavy atom. The molecular weight excluding hydrogens is 226 g/mol. The summed E-state index contributed by atoms with van der Waals surface area (Å²) in [4.78, 5) is 18.4. The van der Waals surface area contributed by atoms with Crippen LogP contribution in [0.4, 0.5) is 0 Å². The number of nitrogens with two attached hydrogens (primary N) is 1. The predicted molar refractivity (Wildman–Crippen MR) is 71.1 cm³/mol. The molecule has 0 radical (unpaired) electrons. The number of hydrogen-bond acceptors (Lipinski definition) is 3. The molecule has 1 aromatic rings. The minimum atomic E-state index is 0.0144. The van der Waals surface area contributed by atoms with E-state index >= 15 is 0 Å². The van der Waals surface area contributed by atoms with Crippen LogP contribution < -0.4 is 5.73 Å². The molecule has 1 amide bonds. The number of nitrogens with zero attached hydrogens (tertiary/aromatic N) is 2. The number of likely N-dealkylation sites (tertiary alicyclic amines) is 1. The summed E-state index contributed by atoms with van der Waals surface area (Å²) < 4.78 is 0. The molecule has 2 N–H and O–H groups in total. The average Bonchev–Trinajstić information content (AvgIpc) is 2.46. The zero-order valence-corrected chi connectivity index (χ0v) is 10.9. The lowest BCUT2D eigenvalue weighted by atomic mass is 9.88. The summed E-state index contributed by atoms with van der Waals surface area (Å²) in [6, 6.07) is 5.59. The van der Waals surface area contributed by atoms with E-state index in [0.717, 1.165) is 19.4 Å². The third-order valence-corrected chi connectivity index (χ3v) is 3.82. The monoisotopic (exact) mass is 247 g/mol. The van der Waals surface area contributed by atoms with Crippen LogP contribution >= 0.6 is 0 Å². The molecule has 0 saturated carbocycles. The first-order valence-electron chi connectivity index (χ1n) is 6.68. The van der Waals surface area contributed by atoms with Gasteiger partial charge in [-0.2, -0.15) is 0 Å². The van der Waals surface area contributed by atoms with Crippen molar-refractivity contribution in [2.45, 2.75) is 32.2 Å². The van der Waals surface area contributed by atoms with Crippen LogP contribution in [0.5, 0.6) is 0 Å². The Morgan fingerprint density at radius 2 is 2.39 bits per heavy atom. The van der Waals surface area contributed by atoms with Gasteiger partial charge in [-0.3, -0.25) is 9.78 Å². The number of hydrogen-bond donors (Lipinski definition) is 1. The highest BCUT2D eigenvalue weighted by Crippen LogP contribution is 2.25. The average molecular weight is 247 g/mol. The molecule has 1 aliphatic rings. The summed E-state index contributed by atoms with van der Waals surface area (Å²) >= 11 is 0. The maximum atomic E-state index is 12.4. The number of rotatable bonds is 3. The van der Waals surface area contributed by atoms with Crippen LogP contribution in [0.25, 0.3) is 0 Å². The van der Waals surface area contributed by atoms with Gasteiger partial charge < -0.3 is 10.6 Å². The van der Waals surface area contributed by atoms with Crippen molar-refractivity contribution in [1.82, 2.24) is 9.88 Å². The van der Waals surface area contributed by atoms with Crippen LogP contribution in [0.2, 0.25) is 0 Å². The van der Waals surface area contributed by atoms with Crippen molar-refractivity contribution < 1.29 is 4.79 Å². The third-order valence-electron chi connectivity index (χ3n) is 3.82. The van der Waals surface area contributed by atoms with Crippen molar-refractivity contribution in [1.29, 1.82) is 0 Å². The van der Waals surface area contributed by atoms with Gasteiger partial charge in [0.1, 0.15) is 5.69 Å². The highest BCUT2D eigenvalue weighted by Gasteiger charge is 2.30. The summed E-state index contributed by atoms with van der Waals surface area (Å²) in [5.74, 6) is 0.715. The quantitative estimate of drug-likeness (QED) is 0.884. The van der Waals surface area contributed by atoms with Crippen LogP contribution in [-0.4, -0.2) is 34.9 Å². The first-order valence-corrected chi connectivity index (χ1v) is 6.68. The van der Waals surface area contributed by atoms with E-state index in [1.165, 1.54) is 6.42 Å². The lowest BCUT2D eigenvalue weighted by molar-refractivity contribution is 0.0552. The van der Waals surface area contributed by atoms with Crippen molar-refractivity contribution in [2.24, 2.45) is 11.7 Å². The Labute approximate surface area is 108 Å². The molecule has 1 saturated heterocycles. The standard InChI is InChI=1S/C14H21N3O/c1-2-11-6-8-17(12(9-11)10-15)14(18)13-5-3-4-7-16-13/h3-5,7,11-12H,2,6,8-10,15H2,1H3. The first kappa shape index (κ1) is 13.0.